The normalized spacial score (nSPS) is 52.0. The Bertz CT molecular complexity index is 613. The van der Waals surface area contributed by atoms with Crippen molar-refractivity contribution in [2.45, 2.75) is 59.8 Å². The second kappa shape index (κ2) is 3.88. The summed E-state index contributed by atoms with van der Waals surface area (Å²) in [6, 6.07) is 0. The molecule has 4 rings (SSSR count). The maximum atomic E-state index is 12.5. The molecule has 0 heterocycles. The number of rotatable bonds is 0. The lowest BCUT2D eigenvalue weighted by Gasteiger charge is -2.62. The number of aliphatic hydroxyl groups is 1. The van der Waals surface area contributed by atoms with Gasteiger partial charge in [0.05, 0.1) is 0 Å². The molecule has 4 aliphatic rings. The highest BCUT2D eigenvalue weighted by atomic mass is 16.3. The lowest BCUT2D eigenvalue weighted by molar-refractivity contribution is -0.145. The van der Waals surface area contributed by atoms with Gasteiger partial charge in [0.15, 0.2) is 5.76 Å². The Kier molecular flexibility index (Phi) is 2.57. The van der Waals surface area contributed by atoms with E-state index in [1.807, 2.05) is 19.9 Å². The number of ketones is 1. The van der Waals surface area contributed by atoms with Crippen molar-refractivity contribution in [1.82, 2.24) is 0 Å². The summed E-state index contributed by atoms with van der Waals surface area (Å²) in [4.78, 5) is 12.5. The van der Waals surface area contributed by atoms with Crippen LogP contribution in [-0.4, -0.2) is 10.9 Å². The molecule has 0 unspecified atom stereocenters. The summed E-state index contributed by atoms with van der Waals surface area (Å²) in [5.74, 6) is 0.849. The molecule has 0 aromatic rings. The highest BCUT2D eigenvalue weighted by Gasteiger charge is 2.64. The molecule has 2 heteroatoms. The van der Waals surface area contributed by atoms with E-state index in [4.69, 9.17) is 0 Å². The molecule has 0 saturated heterocycles. The van der Waals surface area contributed by atoms with E-state index in [0.29, 0.717) is 22.7 Å². The smallest absolute Gasteiger partial charge is 0.202 e. The molecule has 2 nitrogen and oxygen atoms in total. The van der Waals surface area contributed by atoms with Crippen LogP contribution >= 0.6 is 0 Å². The topological polar surface area (TPSA) is 37.3 Å². The summed E-state index contributed by atoms with van der Waals surface area (Å²) < 4.78 is 0. The first-order chi connectivity index (χ1) is 10.1. The van der Waals surface area contributed by atoms with E-state index >= 15 is 0 Å². The summed E-state index contributed by atoms with van der Waals surface area (Å²) >= 11 is 0. The van der Waals surface area contributed by atoms with Crippen LogP contribution in [0.25, 0.3) is 0 Å². The number of fused-ring (bicyclic) bond motifs is 3. The summed E-state index contributed by atoms with van der Waals surface area (Å²) in [6.07, 6.45) is 12.9. The molecule has 0 aromatic heterocycles. The third kappa shape index (κ3) is 1.54. The maximum absolute atomic E-state index is 12.5. The van der Waals surface area contributed by atoms with E-state index in [9.17, 15) is 9.90 Å². The van der Waals surface area contributed by atoms with Gasteiger partial charge in [-0.05, 0) is 66.3 Å². The zero-order valence-corrected chi connectivity index (χ0v) is 14.3. The number of hydrogen-bond donors (Lipinski definition) is 1. The predicted octanol–water partition coefficient (Wildman–Crippen LogP) is 4.82. The Balaban J connectivity index is 1.84. The second-order valence-corrected chi connectivity index (χ2v) is 9.53. The lowest BCUT2D eigenvalue weighted by Crippen LogP contribution is -2.57. The first kappa shape index (κ1) is 14.5. The molecule has 0 amide bonds. The fourth-order valence-corrected chi connectivity index (χ4v) is 6.84. The lowest BCUT2D eigenvalue weighted by atomic mass is 9.41. The molecule has 22 heavy (non-hydrogen) atoms. The molecular formula is C20H28O2. The molecule has 0 radical (unpaired) electrons. The van der Waals surface area contributed by atoms with Gasteiger partial charge in [-0.1, -0.05) is 39.8 Å². The molecule has 1 spiro atoms. The van der Waals surface area contributed by atoms with Crippen molar-refractivity contribution in [2.75, 3.05) is 0 Å². The monoisotopic (exact) mass is 300 g/mol. The first-order valence-electron chi connectivity index (χ1n) is 8.80. The van der Waals surface area contributed by atoms with Crippen LogP contribution in [0.2, 0.25) is 0 Å². The third-order valence-corrected chi connectivity index (χ3v) is 7.79. The van der Waals surface area contributed by atoms with E-state index < -0.39 is 5.41 Å². The van der Waals surface area contributed by atoms with Gasteiger partial charge in [0, 0.05) is 5.41 Å². The number of aliphatic hydroxyl groups excluding tert-OH is 1. The van der Waals surface area contributed by atoms with Gasteiger partial charge < -0.3 is 5.11 Å². The number of carbonyl (C=O) groups excluding carboxylic acids is 1. The average molecular weight is 300 g/mol. The predicted molar refractivity (Wildman–Crippen MR) is 87.4 cm³/mol. The molecule has 120 valence electrons. The van der Waals surface area contributed by atoms with Crippen molar-refractivity contribution in [2.24, 2.45) is 33.5 Å². The number of hydrogen-bond acceptors (Lipinski definition) is 2. The number of Topliss-reactive ketones (excluding diaryl/α,β-unsaturated/α-hetero) is 1. The Morgan fingerprint density at radius 1 is 1.05 bits per heavy atom. The van der Waals surface area contributed by atoms with Crippen LogP contribution in [0.4, 0.5) is 0 Å². The molecule has 4 aliphatic carbocycles. The Hall–Kier alpha value is -1.05. The fraction of sp³-hybridized carbons (Fsp3) is 0.750. The average Bonchev–Trinajstić information content (AvgIpc) is 2.66. The Labute approximate surface area is 133 Å². The highest BCUT2D eigenvalue weighted by molar-refractivity contribution is 5.98. The van der Waals surface area contributed by atoms with Crippen molar-refractivity contribution >= 4 is 5.78 Å². The largest absolute Gasteiger partial charge is 0.505 e. The Morgan fingerprint density at radius 3 is 2.45 bits per heavy atom. The molecule has 1 N–H and O–H groups in total. The van der Waals surface area contributed by atoms with Crippen LogP contribution < -0.4 is 0 Å². The van der Waals surface area contributed by atoms with Crippen LogP contribution in [0, 0.1) is 33.5 Å². The van der Waals surface area contributed by atoms with Crippen LogP contribution in [0.5, 0.6) is 0 Å². The molecule has 5 atom stereocenters. The Morgan fingerprint density at radius 2 is 1.73 bits per heavy atom. The zero-order chi connectivity index (χ0) is 16.0. The zero-order valence-electron chi connectivity index (χ0n) is 14.3. The molecule has 2 bridgehead atoms. The standard InChI is InChI=1S/C20H28O2/c1-17(2)14-6-8-20-10-9-18(3,12-20)7-5-15(20)19(14,4)11-13(21)16(17)22/h9-11,14-15,21H,5-8,12H2,1-4H3/t14-,15+,18+,19-,20-/m1/s1. The van der Waals surface area contributed by atoms with Gasteiger partial charge in [0.25, 0.3) is 0 Å². The summed E-state index contributed by atoms with van der Waals surface area (Å²) in [7, 11) is 0. The summed E-state index contributed by atoms with van der Waals surface area (Å²) in [5, 5.41) is 10.3. The van der Waals surface area contributed by atoms with Gasteiger partial charge in [-0.3, -0.25) is 4.79 Å². The van der Waals surface area contributed by atoms with Crippen LogP contribution in [0.15, 0.2) is 24.0 Å². The van der Waals surface area contributed by atoms with E-state index in [1.165, 1.54) is 25.7 Å². The van der Waals surface area contributed by atoms with E-state index in [1.54, 1.807) is 0 Å². The van der Waals surface area contributed by atoms with Crippen molar-refractivity contribution in [1.29, 1.82) is 0 Å². The van der Waals surface area contributed by atoms with Gasteiger partial charge >= 0.3 is 0 Å². The minimum atomic E-state index is -0.446. The number of allylic oxidation sites excluding steroid dienone is 4. The van der Waals surface area contributed by atoms with Gasteiger partial charge in [0.1, 0.15) is 0 Å². The minimum Gasteiger partial charge on any atom is -0.505 e. The highest BCUT2D eigenvalue weighted by Crippen LogP contribution is 2.70. The van der Waals surface area contributed by atoms with Crippen molar-refractivity contribution < 1.29 is 9.90 Å². The van der Waals surface area contributed by atoms with Gasteiger partial charge in [-0.2, -0.15) is 0 Å². The molecule has 0 aliphatic heterocycles. The van der Waals surface area contributed by atoms with Crippen LogP contribution in [0.1, 0.15) is 59.8 Å². The van der Waals surface area contributed by atoms with Gasteiger partial charge in [-0.25, -0.2) is 0 Å². The van der Waals surface area contributed by atoms with E-state index in [0.717, 1.165) is 6.42 Å². The van der Waals surface area contributed by atoms with Crippen molar-refractivity contribution in [3.05, 3.63) is 24.0 Å². The quantitative estimate of drug-likeness (QED) is 0.651. The second-order valence-electron chi connectivity index (χ2n) is 9.53. The molecule has 2 fully saturated rings. The summed E-state index contributed by atoms with van der Waals surface area (Å²) in [5.41, 5.74) is 0.172. The fourth-order valence-electron chi connectivity index (χ4n) is 6.84. The maximum Gasteiger partial charge on any atom is 0.202 e. The van der Waals surface area contributed by atoms with Crippen LogP contribution in [0.3, 0.4) is 0 Å². The van der Waals surface area contributed by atoms with E-state index in [2.05, 4.69) is 26.0 Å². The molecular weight excluding hydrogens is 272 g/mol. The van der Waals surface area contributed by atoms with Crippen LogP contribution in [-0.2, 0) is 4.79 Å². The first-order valence-corrected chi connectivity index (χ1v) is 8.80. The van der Waals surface area contributed by atoms with Gasteiger partial charge in [0.2, 0.25) is 5.78 Å². The van der Waals surface area contributed by atoms with Gasteiger partial charge in [-0.15, -0.1) is 0 Å². The number of carbonyl (C=O) groups is 1. The molecule has 2 saturated carbocycles. The van der Waals surface area contributed by atoms with Crippen molar-refractivity contribution in [3.63, 3.8) is 0 Å². The molecule has 0 aromatic carbocycles. The third-order valence-electron chi connectivity index (χ3n) is 7.79. The SMILES string of the molecule is CC1(C)C(=O)C(O)=C[C@]2(C)[C@@H]1CC[C@]13C=C[C@](C)(CC[C@H]12)C3. The van der Waals surface area contributed by atoms with Crippen molar-refractivity contribution in [3.8, 4) is 0 Å². The van der Waals surface area contributed by atoms with E-state index in [-0.39, 0.29) is 17.0 Å². The minimum absolute atomic E-state index is 0.0103. The summed E-state index contributed by atoms with van der Waals surface area (Å²) in [6.45, 7) is 8.78.